The molecule has 2 heteroatoms. The molecule has 0 unspecified atom stereocenters. The monoisotopic (exact) mass is 299 g/mol. The van der Waals surface area contributed by atoms with Crippen LogP contribution in [0.2, 0.25) is 0 Å². The first-order chi connectivity index (χ1) is 9.45. The van der Waals surface area contributed by atoms with Crippen LogP contribution in [0.1, 0.15) is 0 Å². The summed E-state index contributed by atoms with van der Waals surface area (Å²) in [6.07, 6.45) is 0. The van der Waals surface area contributed by atoms with Crippen LogP contribution < -0.4 is 15.9 Å². The van der Waals surface area contributed by atoms with E-state index in [1.165, 1.54) is 15.9 Å². The first-order valence-corrected chi connectivity index (χ1v) is 7.74. The molecule has 0 aliphatic rings. The summed E-state index contributed by atoms with van der Waals surface area (Å²) in [5, 5.41) is 4.19. The van der Waals surface area contributed by atoms with Gasteiger partial charge in [0.2, 0.25) is 0 Å². The van der Waals surface area contributed by atoms with Gasteiger partial charge in [0, 0.05) is 0 Å². The van der Waals surface area contributed by atoms with Gasteiger partial charge in [0.1, 0.15) is 0 Å². The summed E-state index contributed by atoms with van der Waals surface area (Å²) in [6.45, 7) is 0. The van der Waals surface area contributed by atoms with E-state index in [0.717, 1.165) is 0 Å². The van der Waals surface area contributed by atoms with Crippen molar-refractivity contribution >= 4 is 23.8 Å². The minimum Gasteiger partial charge on any atom is -0.0622 e. The zero-order valence-corrected chi connectivity index (χ0v) is 12.8. The van der Waals surface area contributed by atoms with E-state index in [9.17, 15) is 0 Å². The molecule has 3 aromatic rings. The van der Waals surface area contributed by atoms with E-state index in [-0.39, 0.29) is 12.4 Å². The van der Waals surface area contributed by atoms with Crippen LogP contribution in [0.15, 0.2) is 91.0 Å². The predicted molar refractivity (Wildman–Crippen MR) is 87.9 cm³/mol. The molecule has 0 radical (unpaired) electrons. The normalized spacial score (nSPS) is 10.1. The molecule has 100 valence electrons. The molecule has 0 heterocycles. The second-order valence-corrected chi connectivity index (χ2v) is 6.56. The number of halogens is 1. The van der Waals surface area contributed by atoms with Crippen molar-refractivity contribution in [2.75, 3.05) is 0 Å². The average molecular weight is 300 g/mol. The van der Waals surface area contributed by atoms with Crippen molar-refractivity contribution in [3.8, 4) is 0 Å². The van der Waals surface area contributed by atoms with E-state index in [1.807, 2.05) is 0 Å². The first-order valence-electron chi connectivity index (χ1n) is 6.40. The number of hydrogen-bond acceptors (Lipinski definition) is 0. The van der Waals surface area contributed by atoms with Gasteiger partial charge in [-0.15, -0.1) is 0 Å². The molecule has 0 saturated carbocycles. The lowest BCUT2D eigenvalue weighted by molar-refractivity contribution is -0.00000358. The van der Waals surface area contributed by atoms with Crippen molar-refractivity contribution in [1.29, 1.82) is 0 Å². The largest absolute Gasteiger partial charge is 0.0903 e. The fourth-order valence-electron chi connectivity index (χ4n) is 2.18. The Labute approximate surface area is 127 Å². The predicted octanol–water partition coefficient (Wildman–Crippen LogP) is 2.91. The third kappa shape index (κ3) is 3.28. The topological polar surface area (TPSA) is 0 Å². The summed E-state index contributed by atoms with van der Waals surface area (Å²) in [6, 6.07) is 32.3. The van der Waals surface area contributed by atoms with Gasteiger partial charge in [-0.3, -0.25) is 0 Å². The fraction of sp³-hybridized carbons (Fsp3) is 0. The molecular formula is C18H17ClP+. The molecule has 0 aromatic heterocycles. The lowest BCUT2D eigenvalue weighted by Crippen LogP contribution is -2.20. The molecule has 3 rings (SSSR count). The summed E-state index contributed by atoms with van der Waals surface area (Å²) < 4.78 is 0. The minimum atomic E-state index is -0.446. The molecule has 0 atom stereocenters. The van der Waals surface area contributed by atoms with Gasteiger partial charge in [-0.05, 0) is 23.8 Å². The Bertz CT molecular complexity index is 529. The standard InChI is InChI=1S/C18H15P.ClH2/c1-4-10-16(11-5-1)19(17-12-6-2-7-13-17)18-14-8-3-9-15-18;/h1-15H;1H2/q;+1. The molecule has 0 amide bonds. The van der Waals surface area contributed by atoms with Crippen molar-refractivity contribution in [1.82, 2.24) is 0 Å². The highest BCUT2D eigenvalue weighted by molar-refractivity contribution is 7.79. The maximum atomic E-state index is 2.23. The van der Waals surface area contributed by atoms with Crippen LogP contribution in [-0.4, -0.2) is 0 Å². The van der Waals surface area contributed by atoms with Gasteiger partial charge in [-0.1, -0.05) is 91.0 Å². The SMILES string of the molecule is [ClH2+].c1ccc(P(c2ccccc2)c2ccccc2)cc1. The van der Waals surface area contributed by atoms with Gasteiger partial charge in [-0.25, -0.2) is 0 Å². The molecule has 0 nitrogen and oxygen atoms in total. The molecule has 0 fully saturated rings. The van der Waals surface area contributed by atoms with Crippen LogP contribution in [0.25, 0.3) is 0 Å². The van der Waals surface area contributed by atoms with Gasteiger partial charge < -0.3 is 0 Å². The van der Waals surface area contributed by atoms with E-state index < -0.39 is 7.92 Å². The summed E-state index contributed by atoms with van der Waals surface area (Å²) in [4.78, 5) is 0. The molecular weight excluding hydrogens is 283 g/mol. The molecule has 0 spiro atoms. The molecule has 0 bridgehead atoms. The number of rotatable bonds is 3. The van der Waals surface area contributed by atoms with Crippen molar-refractivity contribution in [2.45, 2.75) is 0 Å². The van der Waals surface area contributed by atoms with Crippen molar-refractivity contribution < 1.29 is 12.4 Å². The van der Waals surface area contributed by atoms with Crippen LogP contribution in [0.4, 0.5) is 0 Å². The number of hydrogen-bond donors (Lipinski definition) is 0. The Hall–Kier alpha value is -1.62. The molecule has 0 saturated heterocycles. The summed E-state index contributed by atoms with van der Waals surface area (Å²) in [7, 11) is -0.446. The second kappa shape index (κ2) is 7.24. The summed E-state index contributed by atoms with van der Waals surface area (Å²) >= 11 is 0. The third-order valence-electron chi connectivity index (χ3n) is 3.04. The lowest BCUT2D eigenvalue weighted by Gasteiger charge is -2.18. The molecule has 0 N–H and O–H groups in total. The van der Waals surface area contributed by atoms with Gasteiger partial charge in [0.25, 0.3) is 0 Å². The van der Waals surface area contributed by atoms with Gasteiger partial charge >= 0.3 is 0 Å². The van der Waals surface area contributed by atoms with E-state index in [0.29, 0.717) is 0 Å². The zero-order chi connectivity index (χ0) is 12.9. The summed E-state index contributed by atoms with van der Waals surface area (Å²) in [5.74, 6) is 0. The maximum Gasteiger partial charge on any atom is 0.0903 e. The quantitative estimate of drug-likeness (QED) is 0.652. The number of benzene rings is 3. The Morgan fingerprint density at radius 1 is 0.400 bits per heavy atom. The van der Waals surface area contributed by atoms with Crippen molar-refractivity contribution in [3.63, 3.8) is 0 Å². The fourth-order valence-corrected chi connectivity index (χ4v) is 4.48. The Balaban J connectivity index is 0.00000147. The zero-order valence-electron chi connectivity index (χ0n) is 11.1. The van der Waals surface area contributed by atoms with Crippen LogP contribution in [0.5, 0.6) is 0 Å². The van der Waals surface area contributed by atoms with Gasteiger partial charge in [0.15, 0.2) is 0 Å². The van der Waals surface area contributed by atoms with E-state index >= 15 is 0 Å². The first kappa shape index (κ1) is 14.8. The van der Waals surface area contributed by atoms with Gasteiger partial charge in [-0.2, -0.15) is 0 Å². The van der Waals surface area contributed by atoms with Crippen molar-refractivity contribution in [3.05, 3.63) is 91.0 Å². The Morgan fingerprint density at radius 2 is 0.650 bits per heavy atom. The second-order valence-electron chi connectivity index (χ2n) is 4.34. The van der Waals surface area contributed by atoms with Crippen LogP contribution in [-0.2, 0) is 0 Å². The lowest BCUT2D eigenvalue weighted by atomic mass is 10.4. The van der Waals surface area contributed by atoms with Crippen LogP contribution in [0.3, 0.4) is 0 Å². The highest BCUT2D eigenvalue weighted by Crippen LogP contribution is 2.32. The summed E-state index contributed by atoms with van der Waals surface area (Å²) in [5.41, 5.74) is 0. The highest BCUT2D eigenvalue weighted by Gasteiger charge is 2.14. The van der Waals surface area contributed by atoms with Crippen LogP contribution >= 0.6 is 7.92 Å². The molecule has 20 heavy (non-hydrogen) atoms. The Kier molecular flexibility index (Phi) is 5.35. The molecule has 3 aromatic carbocycles. The highest BCUT2D eigenvalue weighted by atomic mass is 35.5. The van der Waals surface area contributed by atoms with Crippen molar-refractivity contribution in [2.24, 2.45) is 0 Å². The van der Waals surface area contributed by atoms with E-state index in [2.05, 4.69) is 91.0 Å². The van der Waals surface area contributed by atoms with Gasteiger partial charge in [0.05, 0.1) is 12.4 Å². The molecule has 0 aliphatic carbocycles. The molecule has 0 aliphatic heterocycles. The van der Waals surface area contributed by atoms with E-state index in [1.54, 1.807) is 0 Å². The van der Waals surface area contributed by atoms with Crippen LogP contribution in [0, 0.1) is 12.4 Å². The minimum absolute atomic E-state index is 0. The van der Waals surface area contributed by atoms with E-state index in [4.69, 9.17) is 0 Å². The third-order valence-corrected chi connectivity index (χ3v) is 5.49. The smallest absolute Gasteiger partial charge is 0.0622 e. The Morgan fingerprint density at radius 3 is 0.900 bits per heavy atom. The maximum absolute atomic E-state index is 2.23. The average Bonchev–Trinajstić information content (AvgIpc) is 2.51.